The zero-order valence-electron chi connectivity index (χ0n) is 21.6. The van der Waals surface area contributed by atoms with Gasteiger partial charge >= 0.3 is 0 Å². The number of fused-ring (bicyclic) bond motifs is 3. The summed E-state index contributed by atoms with van der Waals surface area (Å²) in [6.45, 7) is 3.99. The fourth-order valence-electron chi connectivity index (χ4n) is 6.42. The Labute approximate surface area is 219 Å². The van der Waals surface area contributed by atoms with Gasteiger partial charge in [0.05, 0.1) is 11.6 Å². The maximum atomic E-state index is 13.9. The molecule has 9 heteroatoms. The first-order valence-electron chi connectivity index (χ1n) is 12.4. The molecule has 3 aliphatic rings. The van der Waals surface area contributed by atoms with E-state index in [1.54, 1.807) is 20.2 Å². The molecule has 0 unspecified atom stereocenters. The molecule has 0 bridgehead atoms. The number of Topliss-reactive ketones (excluding diaryl/α,β-unsaturated/α-hetero) is 2. The number of aliphatic hydroxyl groups is 3. The number of likely N-dealkylation sites (N-methyl/N-ethyl adjacent to an activating group) is 1. The van der Waals surface area contributed by atoms with Crippen molar-refractivity contribution in [3.8, 4) is 16.9 Å². The minimum Gasteiger partial charge on any atom is -0.508 e. The lowest BCUT2D eigenvalue weighted by Gasteiger charge is -2.50. The van der Waals surface area contributed by atoms with Crippen LogP contribution in [0.2, 0.25) is 0 Å². The number of hydrogen-bond acceptors (Lipinski definition) is 8. The number of aromatic hydroxyl groups is 1. The number of phenols is 1. The number of carbonyl (C=O) groups is 3. The number of ketones is 2. The molecule has 0 spiro atoms. The number of phenolic OH excluding ortho intramolecular Hbond substituents is 1. The molecule has 6 N–H and O–H groups in total. The lowest BCUT2D eigenvalue weighted by Crippen LogP contribution is -2.65. The molecular formula is C29H30N2O7. The molecule has 1 fully saturated rings. The highest BCUT2D eigenvalue weighted by Crippen LogP contribution is 2.53. The average Bonchev–Trinajstić information content (AvgIpc) is 2.83. The number of carbonyl (C=O) groups excluding carboxylic acids is 3. The van der Waals surface area contributed by atoms with Crippen molar-refractivity contribution in [3.05, 3.63) is 69.5 Å². The van der Waals surface area contributed by atoms with Gasteiger partial charge in [0, 0.05) is 11.5 Å². The summed E-state index contributed by atoms with van der Waals surface area (Å²) in [4.78, 5) is 40.7. The first kappa shape index (κ1) is 25.7. The van der Waals surface area contributed by atoms with E-state index in [0.717, 1.165) is 22.3 Å². The van der Waals surface area contributed by atoms with Crippen molar-refractivity contribution in [1.82, 2.24) is 4.90 Å². The molecule has 0 aromatic heterocycles. The standard InChI is InChI=1S/C29H30N2O7/c1-12-5-6-14(9-13(12)2)16-7-8-19(32)21-17(16)10-15-11-18-23(31(3)4)25(34)22(28(30)37)27(36)29(18,38)26(35)20(15)24(21)33/h5-9,15,18,23,32-33,36,38H,10-11H2,1-4H3,(H2,30,37)/t15-,18-,23-,29-/m0/s1. The van der Waals surface area contributed by atoms with Crippen LogP contribution in [0.25, 0.3) is 16.9 Å². The molecule has 0 heterocycles. The van der Waals surface area contributed by atoms with Crippen LogP contribution in [0.3, 0.4) is 0 Å². The number of primary amides is 1. The van der Waals surface area contributed by atoms with Crippen molar-refractivity contribution in [3.63, 3.8) is 0 Å². The van der Waals surface area contributed by atoms with Gasteiger partial charge in [-0.25, -0.2) is 0 Å². The lowest BCUT2D eigenvalue weighted by molar-refractivity contribution is -0.153. The van der Waals surface area contributed by atoms with Crippen molar-refractivity contribution in [2.45, 2.75) is 38.3 Å². The Morgan fingerprint density at radius 2 is 1.74 bits per heavy atom. The summed E-state index contributed by atoms with van der Waals surface area (Å²) in [5.74, 6) is -6.61. The largest absolute Gasteiger partial charge is 0.508 e. The number of aliphatic hydroxyl groups excluding tert-OH is 2. The third-order valence-corrected chi connectivity index (χ3v) is 8.42. The Hall–Kier alpha value is -3.95. The van der Waals surface area contributed by atoms with Gasteiger partial charge in [0.15, 0.2) is 11.4 Å². The molecule has 5 rings (SSSR count). The summed E-state index contributed by atoms with van der Waals surface area (Å²) in [7, 11) is 3.15. The fraction of sp³-hybridized carbons (Fsp3) is 0.345. The van der Waals surface area contributed by atoms with Gasteiger partial charge in [-0.2, -0.15) is 0 Å². The number of amides is 1. The third kappa shape index (κ3) is 3.35. The minimum atomic E-state index is -2.65. The van der Waals surface area contributed by atoms with E-state index in [4.69, 9.17) is 5.73 Å². The third-order valence-electron chi connectivity index (χ3n) is 8.42. The molecule has 2 aromatic carbocycles. The zero-order chi connectivity index (χ0) is 27.8. The first-order valence-corrected chi connectivity index (χ1v) is 12.4. The van der Waals surface area contributed by atoms with E-state index in [2.05, 4.69) is 0 Å². The van der Waals surface area contributed by atoms with E-state index in [0.29, 0.717) is 5.56 Å². The van der Waals surface area contributed by atoms with Gasteiger partial charge in [-0.3, -0.25) is 19.3 Å². The molecule has 38 heavy (non-hydrogen) atoms. The van der Waals surface area contributed by atoms with Crippen LogP contribution in [0.4, 0.5) is 0 Å². The Kier molecular flexibility index (Phi) is 5.77. The second kappa shape index (κ2) is 8.54. The van der Waals surface area contributed by atoms with Crippen LogP contribution in [0.15, 0.2) is 47.2 Å². The van der Waals surface area contributed by atoms with E-state index in [1.807, 2.05) is 32.0 Å². The van der Waals surface area contributed by atoms with Gasteiger partial charge in [-0.05, 0) is 80.6 Å². The van der Waals surface area contributed by atoms with Crippen LogP contribution in [0.5, 0.6) is 5.75 Å². The highest BCUT2D eigenvalue weighted by atomic mass is 16.3. The lowest BCUT2D eigenvalue weighted by atomic mass is 9.57. The second-order valence-electron chi connectivity index (χ2n) is 10.7. The summed E-state index contributed by atoms with van der Waals surface area (Å²) in [6.07, 6.45) is 0.291. The van der Waals surface area contributed by atoms with Crippen LogP contribution in [-0.4, -0.2) is 68.5 Å². The number of hydrogen-bond donors (Lipinski definition) is 5. The number of rotatable bonds is 3. The molecule has 198 valence electrons. The van der Waals surface area contributed by atoms with Gasteiger partial charge in [0.1, 0.15) is 22.8 Å². The van der Waals surface area contributed by atoms with Gasteiger partial charge < -0.3 is 26.2 Å². The second-order valence-corrected chi connectivity index (χ2v) is 10.7. The molecule has 3 aliphatic carbocycles. The van der Waals surface area contributed by atoms with Crippen molar-refractivity contribution in [2.75, 3.05) is 14.1 Å². The van der Waals surface area contributed by atoms with E-state index in [-0.39, 0.29) is 29.7 Å². The van der Waals surface area contributed by atoms with Gasteiger partial charge in [-0.15, -0.1) is 0 Å². The minimum absolute atomic E-state index is 0.0494. The molecule has 1 amide bonds. The Bertz CT molecular complexity index is 1500. The van der Waals surface area contributed by atoms with Crippen molar-refractivity contribution < 1.29 is 34.8 Å². The van der Waals surface area contributed by atoms with Crippen LogP contribution in [0.1, 0.15) is 28.7 Å². The monoisotopic (exact) mass is 518 g/mol. The van der Waals surface area contributed by atoms with Crippen molar-refractivity contribution >= 4 is 23.2 Å². The predicted molar refractivity (Wildman–Crippen MR) is 139 cm³/mol. The summed E-state index contributed by atoms with van der Waals surface area (Å²) < 4.78 is 0. The Morgan fingerprint density at radius 1 is 1.05 bits per heavy atom. The van der Waals surface area contributed by atoms with Gasteiger partial charge in [0.2, 0.25) is 5.78 Å². The van der Waals surface area contributed by atoms with Crippen LogP contribution in [0, 0.1) is 25.7 Å². The maximum absolute atomic E-state index is 13.9. The van der Waals surface area contributed by atoms with E-state index in [1.165, 1.54) is 11.0 Å². The average molecular weight is 519 g/mol. The van der Waals surface area contributed by atoms with Crippen LogP contribution >= 0.6 is 0 Å². The van der Waals surface area contributed by atoms with Gasteiger partial charge in [-0.1, -0.05) is 24.3 Å². The molecular weight excluding hydrogens is 488 g/mol. The molecule has 1 saturated carbocycles. The molecule has 9 nitrogen and oxygen atoms in total. The van der Waals surface area contributed by atoms with Crippen molar-refractivity contribution in [1.29, 1.82) is 0 Å². The summed E-state index contributed by atoms with van der Waals surface area (Å²) in [5.41, 5.74) is 6.28. The van der Waals surface area contributed by atoms with E-state index < -0.39 is 58.0 Å². The fourth-order valence-corrected chi connectivity index (χ4v) is 6.42. The normalized spacial score (nSPS) is 26.8. The number of nitrogens with two attached hydrogens (primary N) is 1. The molecule has 2 aromatic rings. The molecule has 0 saturated heterocycles. The van der Waals surface area contributed by atoms with Crippen LogP contribution in [-0.2, 0) is 20.8 Å². The first-order chi connectivity index (χ1) is 17.8. The van der Waals surface area contributed by atoms with E-state index in [9.17, 15) is 34.8 Å². The van der Waals surface area contributed by atoms with Crippen LogP contribution < -0.4 is 5.73 Å². The summed E-state index contributed by atoms with van der Waals surface area (Å²) >= 11 is 0. The number of aryl methyl sites for hydroxylation is 2. The Balaban J connectivity index is 1.74. The van der Waals surface area contributed by atoms with Crippen molar-refractivity contribution in [2.24, 2.45) is 17.6 Å². The number of nitrogens with zero attached hydrogens (tertiary/aromatic N) is 1. The van der Waals surface area contributed by atoms with E-state index >= 15 is 0 Å². The molecule has 0 aliphatic heterocycles. The highest BCUT2D eigenvalue weighted by Gasteiger charge is 2.64. The summed E-state index contributed by atoms with van der Waals surface area (Å²) in [5, 5.41) is 44.8. The Morgan fingerprint density at radius 3 is 2.34 bits per heavy atom. The molecule has 0 radical (unpaired) electrons. The summed E-state index contributed by atoms with van der Waals surface area (Å²) in [6, 6.07) is 8.04. The topological polar surface area (TPSA) is 161 Å². The quantitative estimate of drug-likeness (QED) is 0.387. The zero-order valence-corrected chi connectivity index (χ0v) is 21.6. The number of benzene rings is 2. The van der Waals surface area contributed by atoms with Gasteiger partial charge in [0.25, 0.3) is 5.91 Å². The molecule has 4 atom stereocenters. The highest BCUT2D eigenvalue weighted by molar-refractivity contribution is 6.24. The SMILES string of the molecule is Cc1ccc(-c2ccc(O)c3c2C[C@H]2C[C@H]4[C@H](N(C)C)C(=O)C(C(N)=O)=C(O)[C@@]4(O)C(=O)C2=C3O)cc1C. The maximum Gasteiger partial charge on any atom is 0.255 e. The smallest absolute Gasteiger partial charge is 0.255 e. The predicted octanol–water partition coefficient (Wildman–Crippen LogP) is 2.25.